The Bertz CT molecular complexity index is 800. The van der Waals surface area contributed by atoms with Crippen LogP contribution in [0.2, 0.25) is 0 Å². The van der Waals surface area contributed by atoms with Gasteiger partial charge < -0.3 is 19.2 Å². The van der Waals surface area contributed by atoms with Gasteiger partial charge in [-0.05, 0) is 48.9 Å². The average Bonchev–Trinajstić information content (AvgIpc) is 3.14. The maximum Gasteiger partial charge on any atom is 0.247 e. The number of benzene rings is 2. The molecule has 2 aromatic carbocycles. The number of hydrogen-bond donors (Lipinski definition) is 1. The molecule has 25 heavy (non-hydrogen) atoms. The fourth-order valence-electron chi connectivity index (χ4n) is 2.50. The van der Waals surface area contributed by atoms with Gasteiger partial charge in [-0.25, -0.2) is 0 Å². The van der Waals surface area contributed by atoms with E-state index in [1.807, 2.05) is 42.5 Å². The zero-order valence-corrected chi connectivity index (χ0v) is 14.4. The van der Waals surface area contributed by atoms with E-state index in [0.29, 0.717) is 18.3 Å². The molecule has 1 heterocycles. The number of ether oxygens (including phenoxy) is 2. The summed E-state index contributed by atoms with van der Waals surface area (Å²) in [5.74, 6) is 2.76. The fraction of sp³-hybridized carbons (Fsp3) is 0.263. The van der Waals surface area contributed by atoms with Crippen LogP contribution in [0.3, 0.4) is 0 Å². The third kappa shape index (κ3) is 4.36. The van der Waals surface area contributed by atoms with Crippen molar-refractivity contribution in [1.82, 2.24) is 15.5 Å². The summed E-state index contributed by atoms with van der Waals surface area (Å²) in [5.41, 5.74) is 2.04. The summed E-state index contributed by atoms with van der Waals surface area (Å²) in [5, 5.41) is 11.5. The van der Waals surface area contributed by atoms with Crippen molar-refractivity contribution >= 4 is 0 Å². The molecule has 0 aliphatic carbocycles. The van der Waals surface area contributed by atoms with Gasteiger partial charge in [-0.2, -0.15) is 0 Å². The summed E-state index contributed by atoms with van der Waals surface area (Å²) in [6.45, 7) is 1.32. The molecule has 0 fully saturated rings. The molecule has 0 aliphatic heterocycles. The molecule has 3 aromatic rings. The van der Waals surface area contributed by atoms with Crippen LogP contribution in [0.15, 0.2) is 52.9 Å². The summed E-state index contributed by atoms with van der Waals surface area (Å²) in [6.07, 6.45) is 0.865. The third-order valence-electron chi connectivity index (χ3n) is 3.84. The Morgan fingerprint density at radius 2 is 1.76 bits per heavy atom. The molecule has 0 radical (unpaired) electrons. The third-order valence-corrected chi connectivity index (χ3v) is 3.84. The van der Waals surface area contributed by atoms with Gasteiger partial charge >= 0.3 is 0 Å². The first-order valence-corrected chi connectivity index (χ1v) is 8.09. The van der Waals surface area contributed by atoms with Gasteiger partial charge in [0.1, 0.15) is 11.5 Å². The van der Waals surface area contributed by atoms with Crippen LogP contribution in [-0.4, -0.2) is 31.0 Å². The highest BCUT2D eigenvalue weighted by Crippen LogP contribution is 2.21. The molecule has 6 heteroatoms. The molecule has 3 rings (SSSR count). The van der Waals surface area contributed by atoms with E-state index in [-0.39, 0.29) is 0 Å². The number of rotatable bonds is 8. The molecule has 0 unspecified atom stereocenters. The van der Waals surface area contributed by atoms with Crippen molar-refractivity contribution in [3.63, 3.8) is 0 Å². The second-order valence-corrected chi connectivity index (χ2v) is 5.47. The minimum Gasteiger partial charge on any atom is -0.497 e. The zero-order chi connectivity index (χ0) is 17.5. The second-order valence-electron chi connectivity index (χ2n) is 5.47. The summed E-state index contributed by atoms with van der Waals surface area (Å²) >= 11 is 0. The molecule has 0 saturated carbocycles. The van der Waals surface area contributed by atoms with Crippen LogP contribution in [0.5, 0.6) is 11.5 Å². The number of methoxy groups -OCH3 is 2. The monoisotopic (exact) mass is 339 g/mol. The molecule has 0 amide bonds. The molecule has 0 atom stereocenters. The maximum atomic E-state index is 5.69. The largest absolute Gasteiger partial charge is 0.497 e. The Morgan fingerprint density at radius 1 is 0.960 bits per heavy atom. The van der Waals surface area contributed by atoms with Gasteiger partial charge in [0.2, 0.25) is 11.8 Å². The van der Waals surface area contributed by atoms with E-state index in [2.05, 4.69) is 21.6 Å². The number of nitrogens with zero attached hydrogens (tertiary/aromatic N) is 2. The van der Waals surface area contributed by atoms with E-state index >= 15 is 0 Å². The van der Waals surface area contributed by atoms with Crippen LogP contribution in [0.25, 0.3) is 11.5 Å². The number of aromatic nitrogens is 2. The van der Waals surface area contributed by atoms with Crippen molar-refractivity contribution in [2.75, 3.05) is 20.8 Å². The van der Waals surface area contributed by atoms with E-state index < -0.39 is 0 Å². The molecule has 1 aromatic heterocycles. The quantitative estimate of drug-likeness (QED) is 0.636. The Hall–Kier alpha value is -2.86. The SMILES string of the molecule is COc1ccc(-c2nnc(CNCCc3ccccc3OC)o2)cc1. The van der Waals surface area contributed by atoms with Crippen LogP contribution < -0.4 is 14.8 Å². The Balaban J connectivity index is 1.51. The van der Waals surface area contributed by atoms with Gasteiger partial charge in [0.25, 0.3) is 0 Å². The topological polar surface area (TPSA) is 69.4 Å². The number of hydrogen-bond acceptors (Lipinski definition) is 6. The predicted octanol–water partition coefficient (Wildman–Crippen LogP) is 3.09. The molecule has 0 saturated heterocycles. The van der Waals surface area contributed by atoms with E-state index in [9.17, 15) is 0 Å². The van der Waals surface area contributed by atoms with Crippen LogP contribution in [0.4, 0.5) is 0 Å². The summed E-state index contributed by atoms with van der Waals surface area (Å²) < 4.78 is 16.2. The minimum atomic E-state index is 0.504. The summed E-state index contributed by atoms with van der Waals surface area (Å²) in [4.78, 5) is 0. The summed E-state index contributed by atoms with van der Waals surface area (Å²) in [6, 6.07) is 15.5. The highest BCUT2D eigenvalue weighted by Gasteiger charge is 2.08. The second kappa shape index (κ2) is 8.30. The molecule has 0 bridgehead atoms. The molecule has 0 spiro atoms. The van der Waals surface area contributed by atoms with Crippen LogP contribution in [0, 0.1) is 0 Å². The maximum absolute atomic E-state index is 5.69. The lowest BCUT2D eigenvalue weighted by atomic mass is 10.1. The van der Waals surface area contributed by atoms with Gasteiger partial charge in [0.05, 0.1) is 20.8 Å². The molecular formula is C19H21N3O3. The molecule has 0 aliphatic rings. The minimum absolute atomic E-state index is 0.504. The van der Waals surface area contributed by atoms with Crippen molar-refractivity contribution in [3.05, 3.63) is 60.0 Å². The van der Waals surface area contributed by atoms with Gasteiger partial charge in [-0.15, -0.1) is 10.2 Å². The van der Waals surface area contributed by atoms with Gasteiger partial charge in [0.15, 0.2) is 0 Å². The average molecular weight is 339 g/mol. The lowest BCUT2D eigenvalue weighted by molar-refractivity contribution is 0.408. The van der Waals surface area contributed by atoms with E-state index in [4.69, 9.17) is 13.9 Å². The predicted molar refractivity (Wildman–Crippen MR) is 94.7 cm³/mol. The molecular weight excluding hydrogens is 318 g/mol. The number of nitrogens with one attached hydrogen (secondary N) is 1. The summed E-state index contributed by atoms with van der Waals surface area (Å²) in [7, 11) is 3.32. The van der Waals surface area contributed by atoms with Crippen LogP contribution in [-0.2, 0) is 13.0 Å². The Morgan fingerprint density at radius 3 is 2.52 bits per heavy atom. The van der Waals surface area contributed by atoms with Crippen molar-refractivity contribution in [2.24, 2.45) is 0 Å². The fourth-order valence-corrected chi connectivity index (χ4v) is 2.50. The van der Waals surface area contributed by atoms with Crippen molar-refractivity contribution in [3.8, 4) is 23.0 Å². The normalized spacial score (nSPS) is 10.6. The van der Waals surface area contributed by atoms with E-state index in [1.54, 1.807) is 14.2 Å². The first-order chi connectivity index (χ1) is 12.3. The van der Waals surface area contributed by atoms with Crippen molar-refractivity contribution < 1.29 is 13.9 Å². The highest BCUT2D eigenvalue weighted by atomic mass is 16.5. The van der Waals surface area contributed by atoms with Crippen LogP contribution >= 0.6 is 0 Å². The molecule has 130 valence electrons. The molecule has 6 nitrogen and oxygen atoms in total. The number of para-hydroxylation sites is 1. The van der Waals surface area contributed by atoms with Gasteiger partial charge in [-0.1, -0.05) is 18.2 Å². The Kier molecular flexibility index (Phi) is 5.64. The smallest absolute Gasteiger partial charge is 0.247 e. The van der Waals surface area contributed by atoms with Crippen LogP contribution in [0.1, 0.15) is 11.5 Å². The van der Waals surface area contributed by atoms with E-state index in [1.165, 1.54) is 5.56 Å². The molecule has 1 N–H and O–H groups in total. The van der Waals surface area contributed by atoms with Gasteiger partial charge in [0, 0.05) is 5.56 Å². The van der Waals surface area contributed by atoms with E-state index in [0.717, 1.165) is 30.0 Å². The van der Waals surface area contributed by atoms with Gasteiger partial charge in [-0.3, -0.25) is 0 Å². The first kappa shape index (κ1) is 17.0. The Labute approximate surface area is 146 Å². The standard InChI is InChI=1S/C19H21N3O3/c1-23-16-9-7-15(8-10-16)19-22-21-18(25-19)13-20-12-11-14-5-3-4-6-17(14)24-2/h3-10,20H,11-13H2,1-2H3. The highest BCUT2D eigenvalue weighted by molar-refractivity contribution is 5.53. The first-order valence-electron chi connectivity index (χ1n) is 8.09. The van der Waals surface area contributed by atoms with Crippen molar-refractivity contribution in [1.29, 1.82) is 0 Å². The lowest BCUT2D eigenvalue weighted by Gasteiger charge is -2.08. The van der Waals surface area contributed by atoms with Crippen molar-refractivity contribution in [2.45, 2.75) is 13.0 Å². The lowest BCUT2D eigenvalue weighted by Crippen LogP contribution is -2.17. The zero-order valence-electron chi connectivity index (χ0n) is 14.4.